The number of carbonyl (C=O) groups is 1. The zero-order chi connectivity index (χ0) is 13.1. The van der Waals surface area contributed by atoms with E-state index in [1.165, 1.54) is 18.5 Å². The first-order valence-corrected chi connectivity index (χ1v) is 6.86. The molecule has 18 heavy (non-hydrogen) atoms. The van der Waals surface area contributed by atoms with Crippen LogP contribution in [0.25, 0.3) is 0 Å². The van der Waals surface area contributed by atoms with Crippen molar-refractivity contribution in [2.45, 2.75) is 6.54 Å². The van der Waals surface area contributed by atoms with Crippen molar-refractivity contribution >= 4 is 33.2 Å². The van der Waals surface area contributed by atoms with Crippen LogP contribution in [0.4, 0.5) is 0 Å². The number of rotatable bonds is 3. The lowest BCUT2D eigenvalue weighted by atomic mass is 10.2. The third kappa shape index (κ3) is 3.08. The van der Waals surface area contributed by atoms with Gasteiger partial charge in [0.1, 0.15) is 5.75 Å². The highest BCUT2D eigenvalue weighted by atomic mass is 79.9. The van der Waals surface area contributed by atoms with Crippen LogP contribution in [0.5, 0.6) is 5.75 Å². The van der Waals surface area contributed by atoms with E-state index >= 15 is 0 Å². The highest BCUT2D eigenvalue weighted by Crippen LogP contribution is 2.22. The molecular weight excluding hydrogens is 316 g/mol. The van der Waals surface area contributed by atoms with E-state index in [1.54, 1.807) is 23.3 Å². The predicted molar refractivity (Wildman–Crippen MR) is 73.7 cm³/mol. The Balaban J connectivity index is 2.09. The second-order valence-corrected chi connectivity index (χ2v) is 6.14. The van der Waals surface area contributed by atoms with Gasteiger partial charge in [0.15, 0.2) is 0 Å². The summed E-state index contributed by atoms with van der Waals surface area (Å²) in [7, 11) is 1.72. The molecule has 2 rings (SSSR count). The number of carbonyl (C=O) groups excluding carboxylic acids is 1. The monoisotopic (exact) mass is 326 g/mol. The molecule has 2 heterocycles. The maximum atomic E-state index is 12.1. The first-order valence-electron chi connectivity index (χ1n) is 5.18. The number of thiophene rings is 1. The average molecular weight is 327 g/mol. The maximum absolute atomic E-state index is 12.1. The third-order valence-corrected chi connectivity index (χ3v) is 3.91. The number of aromatic nitrogens is 1. The van der Waals surface area contributed by atoms with E-state index in [4.69, 9.17) is 0 Å². The summed E-state index contributed by atoms with van der Waals surface area (Å²) in [4.78, 5) is 17.5. The molecule has 0 unspecified atom stereocenters. The molecule has 0 fully saturated rings. The van der Waals surface area contributed by atoms with Gasteiger partial charge in [0.2, 0.25) is 0 Å². The molecule has 94 valence electrons. The van der Waals surface area contributed by atoms with E-state index in [0.29, 0.717) is 12.1 Å². The lowest BCUT2D eigenvalue weighted by molar-refractivity contribution is 0.0784. The normalized spacial score (nSPS) is 10.3. The van der Waals surface area contributed by atoms with Gasteiger partial charge in [0.05, 0.1) is 15.5 Å². The Labute approximate surface area is 117 Å². The van der Waals surface area contributed by atoms with Gasteiger partial charge in [-0.3, -0.25) is 9.78 Å². The molecule has 6 heteroatoms. The van der Waals surface area contributed by atoms with Crippen LogP contribution >= 0.6 is 27.3 Å². The summed E-state index contributed by atoms with van der Waals surface area (Å²) in [5, 5.41) is 11.3. The maximum Gasteiger partial charge on any atom is 0.255 e. The summed E-state index contributed by atoms with van der Waals surface area (Å²) in [6, 6.07) is 3.39. The number of pyridine rings is 1. The fourth-order valence-corrected chi connectivity index (χ4v) is 2.74. The Morgan fingerprint density at radius 1 is 1.50 bits per heavy atom. The molecule has 0 aliphatic rings. The Bertz CT molecular complexity index is 571. The topological polar surface area (TPSA) is 53.4 Å². The minimum atomic E-state index is -0.166. The molecule has 4 nitrogen and oxygen atoms in total. The Morgan fingerprint density at radius 3 is 2.89 bits per heavy atom. The zero-order valence-corrected chi connectivity index (χ0v) is 12.0. The van der Waals surface area contributed by atoms with Crippen molar-refractivity contribution in [3.05, 3.63) is 44.8 Å². The molecular formula is C12H11BrN2O2S. The quantitative estimate of drug-likeness (QED) is 0.943. The molecule has 0 aromatic carbocycles. The van der Waals surface area contributed by atoms with Crippen LogP contribution in [-0.4, -0.2) is 27.9 Å². The van der Waals surface area contributed by atoms with Crippen LogP contribution in [0.15, 0.2) is 33.7 Å². The summed E-state index contributed by atoms with van der Waals surface area (Å²) in [5.41, 5.74) is 1.45. The molecule has 0 aliphatic heterocycles. The molecule has 1 amide bonds. The second-order valence-electron chi connectivity index (χ2n) is 3.85. The highest BCUT2D eigenvalue weighted by Gasteiger charge is 2.13. The molecule has 0 saturated carbocycles. The van der Waals surface area contributed by atoms with Crippen molar-refractivity contribution in [2.75, 3.05) is 7.05 Å². The smallest absolute Gasteiger partial charge is 0.255 e. The molecule has 0 aliphatic carbocycles. The molecule has 1 N–H and O–H groups in total. The first kappa shape index (κ1) is 13.0. The Hall–Kier alpha value is -1.40. The number of aromatic hydroxyl groups is 1. The van der Waals surface area contributed by atoms with Gasteiger partial charge in [-0.15, -0.1) is 11.3 Å². The minimum absolute atomic E-state index is 0.00692. The van der Waals surface area contributed by atoms with E-state index in [2.05, 4.69) is 20.9 Å². The van der Waals surface area contributed by atoms with Crippen LogP contribution in [-0.2, 0) is 6.54 Å². The van der Waals surface area contributed by atoms with E-state index < -0.39 is 0 Å². The molecule has 0 bridgehead atoms. The van der Waals surface area contributed by atoms with Crippen molar-refractivity contribution in [3.8, 4) is 5.75 Å². The standard InChI is InChI=1S/C12H11BrN2O2S/c1-15(6-8-2-11(13)18-7-8)12(17)9-3-10(16)5-14-4-9/h2-5,7,16H,6H2,1H3. The average Bonchev–Trinajstić information content (AvgIpc) is 2.73. The van der Waals surface area contributed by atoms with Crippen LogP contribution in [0, 0.1) is 0 Å². The van der Waals surface area contributed by atoms with Gasteiger partial charge in [-0.2, -0.15) is 0 Å². The minimum Gasteiger partial charge on any atom is -0.506 e. The van der Waals surface area contributed by atoms with Gasteiger partial charge >= 0.3 is 0 Å². The van der Waals surface area contributed by atoms with Crippen molar-refractivity contribution in [2.24, 2.45) is 0 Å². The Kier molecular flexibility index (Phi) is 3.98. The molecule has 0 atom stereocenters. The third-order valence-electron chi connectivity index (χ3n) is 2.36. The predicted octanol–water partition coefficient (Wildman–Crippen LogP) is 2.88. The lowest BCUT2D eigenvalue weighted by Crippen LogP contribution is -2.26. The van der Waals surface area contributed by atoms with E-state index in [9.17, 15) is 9.90 Å². The summed E-state index contributed by atoms with van der Waals surface area (Å²) < 4.78 is 1.04. The van der Waals surface area contributed by atoms with Gasteiger partial charge in [-0.25, -0.2) is 0 Å². The SMILES string of the molecule is CN(Cc1csc(Br)c1)C(=O)c1cncc(O)c1. The number of amides is 1. The largest absolute Gasteiger partial charge is 0.506 e. The number of hydrogen-bond donors (Lipinski definition) is 1. The van der Waals surface area contributed by atoms with Gasteiger partial charge in [0.25, 0.3) is 5.91 Å². The van der Waals surface area contributed by atoms with Crippen LogP contribution in [0.3, 0.4) is 0 Å². The van der Waals surface area contributed by atoms with Crippen molar-refractivity contribution < 1.29 is 9.90 Å². The number of halogens is 1. The fraction of sp³-hybridized carbons (Fsp3) is 0.167. The molecule has 0 spiro atoms. The Morgan fingerprint density at radius 2 is 2.28 bits per heavy atom. The molecule has 0 radical (unpaired) electrons. The van der Waals surface area contributed by atoms with E-state index in [0.717, 1.165) is 9.35 Å². The van der Waals surface area contributed by atoms with Gasteiger partial charge in [-0.05, 0) is 39.0 Å². The molecule has 2 aromatic rings. The van der Waals surface area contributed by atoms with Crippen LogP contribution in [0.2, 0.25) is 0 Å². The van der Waals surface area contributed by atoms with Crippen molar-refractivity contribution in [3.63, 3.8) is 0 Å². The van der Waals surface area contributed by atoms with Crippen LogP contribution in [0.1, 0.15) is 15.9 Å². The molecule has 0 saturated heterocycles. The lowest BCUT2D eigenvalue weighted by Gasteiger charge is -2.16. The van der Waals surface area contributed by atoms with E-state index in [-0.39, 0.29) is 11.7 Å². The summed E-state index contributed by atoms with van der Waals surface area (Å²) >= 11 is 4.97. The number of nitrogens with zero attached hydrogens (tertiary/aromatic N) is 2. The van der Waals surface area contributed by atoms with E-state index in [1.807, 2.05) is 11.4 Å². The number of hydrogen-bond acceptors (Lipinski definition) is 4. The first-order chi connectivity index (χ1) is 8.56. The van der Waals surface area contributed by atoms with Crippen molar-refractivity contribution in [1.29, 1.82) is 0 Å². The highest BCUT2D eigenvalue weighted by molar-refractivity contribution is 9.11. The van der Waals surface area contributed by atoms with Crippen molar-refractivity contribution in [1.82, 2.24) is 9.88 Å². The summed E-state index contributed by atoms with van der Waals surface area (Å²) in [6.07, 6.45) is 2.74. The second kappa shape index (κ2) is 5.49. The molecule has 2 aromatic heterocycles. The summed E-state index contributed by atoms with van der Waals surface area (Å²) in [6.45, 7) is 0.524. The fourth-order valence-electron chi connectivity index (χ4n) is 1.54. The zero-order valence-electron chi connectivity index (χ0n) is 9.63. The van der Waals surface area contributed by atoms with Gasteiger partial charge in [-0.1, -0.05) is 0 Å². The van der Waals surface area contributed by atoms with Crippen LogP contribution < -0.4 is 0 Å². The van der Waals surface area contributed by atoms with Gasteiger partial charge in [0, 0.05) is 19.8 Å². The van der Waals surface area contributed by atoms with Gasteiger partial charge < -0.3 is 10.0 Å². The summed E-state index contributed by atoms with van der Waals surface area (Å²) in [5.74, 6) is -0.173.